The van der Waals surface area contributed by atoms with E-state index >= 15 is 0 Å². The average molecular weight is 613 g/mol. The monoisotopic (exact) mass is 612 g/mol. The van der Waals surface area contributed by atoms with E-state index in [1.54, 1.807) is 0 Å². The lowest BCUT2D eigenvalue weighted by Crippen LogP contribution is -2.51. The van der Waals surface area contributed by atoms with Crippen molar-refractivity contribution in [3.05, 3.63) is 53.6 Å². The molecule has 6 heterocycles. The molecule has 44 heavy (non-hydrogen) atoms. The van der Waals surface area contributed by atoms with Gasteiger partial charge in [0.2, 0.25) is 11.8 Å². The topological polar surface area (TPSA) is 148 Å². The normalized spacial score (nSPS) is 23.6. The largest absolute Gasteiger partial charge is 0.490 e. The van der Waals surface area contributed by atoms with Gasteiger partial charge in [0.05, 0.1) is 31.5 Å². The summed E-state index contributed by atoms with van der Waals surface area (Å²) in [4.78, 5) is 55.9. The second-order valence-electron chi connectivity index (χ2n) is 11.6. The molecule has 5 aliphatic rings. The molecule has 2 atom stereocenters. The summed E-state index contributed by atoms with van der Waals surface area (Å²) in [5.41, 5.74) is 0.296. The van der Waals surface area contributed by atoms with E-state index in [-0.39, 0.29) is 55.5 Å². The summed E-state index contributed by atoms with van der Waals surface area (Å²) in [5, 5.41) is 10.4. The van der Waals surface area contributed by atoms with Gasteiger partial charge in [-0.05, 0) is 31.4 Å². The Morgan fingerprint density at radius 1 is 1.11 bits per heavy atom. The number of rotatable bonds is 2. The van der Waals surface area contributed by atoms with E-state index in [4.69, 9.17) is 24.1 Å². The van der Waals surface area contributed by atoms with E-state index in [0.717, 1.165) is 18.7 Å². The fourth-order valence-corrected chi connectivity index (χ4v) is 6.35. The third-order valence-electron chi connectivity index (χ3n) is 8.51. The maximum Gasteiger partial charge on any atom is 0.300 e. The Bertz CT molecular complexity index is 1400. The Labute approximate surface area is 254 Å². The van der Waals surface area contributed by atoms with Crippen LogP contribution in [0.1, 0.15) is 48.0 Å². The zero-order valence-corrected chi connectivity index (χ0v) is 24.6. The number of carboxylic acid groups (broad SMARTS) is 1. The minimum absolute atomic E-state index is 0.0597. The molecule has 3 amide bonds. The predicted octanol–water partition coefficient (Wildman–Crippen LogP) is 2.08. The van der Waals surface area contributed by atoms with Crippen molar-refractivity contribution in [3.8, 4) is 11.5 Å². The first-order chi connectivity index (χ1) is 21.2. The van der Waals surface area contributed by atoms with Crippen molar-refractivity contribution in [3.63, 3.8) is 0 Å². The number of likely N-dealkylation sites (tertiary alicyclic amines) is 1. The summed E-state index contributed by atoms with van der Waals surface area (Å²) in [5.74, 6) is -1.25. The molecule has 13 heteroatoms. The van der Waals surface area contributed by atoms with Gasteiger partial charge in [0.15, 0.2) is 17.3 Å². The van der Waals surface area contributed by atoms with Crippen molar-refractivity contribution >= 4 is 23.7 Å². The number of hydrogen-bond donors (Lipinski definition) is 2. The number of fused-ring (bicyclic) bond motifs is 9. The first-order valence-corrected chi connectivity index (χ1v) is 14.8. The Morgan fingerprint density at radius 3 is 2.64 bits per heavy atom. The highest BCUT2D eigenvalue weighted by molar-refractivity contribution is 5.96. The van der Waals surface area contributed by atoms with Crippen LogP contribution in [-0.2, 0) is 19.1 Å². The molecule has 0 radical (unpaired) electrons. The van der Waals surface area contributed by atoms with Gasteiger partial charge in [0, 0.05) is 75.3 Å². The number of carbonyl (C=O) groups is 4. The smallest absolute Gasteiger partial charge is 0.300 e. The molecule has 0 unspecified atom stereocenters. The molecule has 2 saturated heterocycles. The van der Waals surface area contributed by atoms with Crippen LogP contribution in [0.3, 0.4) is 0 Å². The first-order valence-electron chi connectivity index (χ1n) is 14.8. The van der Waals surface area contributed by atoms with Crippen LogP contribution in [0.4, 0.5) is 4.39 Å². The minimum atomic E-state index is -0.833. The molecule has 4 bridgehead atoms. The lowest BCUT2D eigenvalue weighted by atomic mass is 9.73. The fraction of sp³-hybridized carbons (Fsp3) is 0.516. The summed E-state index contributed by atoms with van der Waals surface area (Å²) in [6.45, 7) is 4.04. The summed E-state index contributed by atoms with van der Waals surface area (Å²) in [6, 6.07) is 7.10. The molecule has 2 N–H and O–H groups in total. The van der Waals surface area contributed by atoms with E-state index in [9.17, 15) is 18.8 Å². The lowest BCUT2D eigenvalue weighted by Gasteiger charge is -2.40. The van der Waals surface area contributed by atoms with Gasteiger partial charge in [0.1, 0.15) is 0 Å². The molecule has 1 aromatic heterocycles. The molecule has 1 spiro atoms. The van der Waals surface area contributed by atoms with Crippen LogP contribution >= 0.6 is 0 Å². The summed E-state index contributed by atoms with van der Waals surface area (Å²) < 4.78 is 32.2. The van der Waals surface area contributed by atoms with Gasteiger partial charge < -0.3 is 34.4 Å². The number of carbonyl (C=O) groups excluding carboxylic acids is 3. The van der Waals surface area contributed by atoms with Gasteiger partial charge in [-0.2, -0.15) is 0 Å². The number of ether oxygens (including phenoxy) is 3. The van der Waals surface area contributed by atoms with Gasteiger partial charge in [-0.15, -0.1) is 0 Å². The molecule has 0 aliphatic carbocycles. The van der Waals surface area contributed by atoms with Crippen LogP contribution in [-0.4, -0.2) is 103 Å². The van der Waals surface area contributed by atoms with Gasteiger partial charge in [-0.3, -0.25) is 24.2 Å². The zero-order valence-electron chi connectivity index (χ0n) is 24.6. The van der Waals surface area contributed by atoms with Crippen molar-refractivity contribution < 1.29 is 42.9 Å². The molecule has 0 saturated carbocycles. The molecular formula is C31H37FN4O8. The fourth-order valence-electron chi connectivity index (χ4n) is 6.35. The standard InChI is InChI=1S/C29H33FN4O6.C2H4O2/c30-23-13-31-8-5-21(23)28(37)33-9-2-10-39-24-4-1-3-20-22-14-34(27(36)19-6-11-38-12-7-19)17-29(22,18-40-26(20)24)16-32-25(35)15-33;1-2(3)4/h1,3-5,8,13,19,22H,2,6-7,9-12,14-18H2,(H,32,35);1H3,(H,3,4)/t22-,29+;/m0./s1. The second-order valence-corrected chi connectivity index (χ2v) is 11.6. The van der Waals surface area contributed by atoms with Crippen molar-refractivity contribution in [2.45, 2.75) is 32.1 Å². The first kappa shape index (κ1) is 31.2. The van der Waals surface area contributed by atoms with Crippen molar-refractivity contribution in [2.75, 3.05) is 59.2 Å². The maximum atomic E-state index is 14.4. The molecule has 2 fully saturated rings. The minimum Gasteiger partial charge on any atom is -0.490 e. The van der Waals surface area contributed by atoms with Gasteiger partial charge in [-0.25, -0.2) is 4.39 Å². The summed E-state index contributed by atoms with van der Waals surface area (Å²) in [6.07, 6.45) is 4.17. The Kier molecular flexibility index (Phi) is 9.62. The number of benzene rings is 1. The molecular weight excluding hydrogens is 575 g/mol. The number of aromatic nitrogens is 1. The highest BCUT2D eigenvalue weighted by atomic mass is 19.1. The number of pyridine rings is 1. The highest BCUT2D eigenvalue weighted by Crippen LogP contribution is 2.52. The van der Waals surface area contributed by atoms with Crippen molar-refractivity contribution in [1.29, 1.82) is 0 Å². The van der Waals surface area contributed by atoms with Gasteiger partial charge in [0.25, 0.3) is 11.9 Å². The van der Waals surface area contributed by atoms with Gasteiger partial charge >= 0.3 is 0 Å². The van der Waals surface area contributed by atoms with E-state index in [1.807, 2.05) is 23.1 Å². The highest BCUT2D eigenvalue weighted by Gasteiger charge is 2.53. The average Bonchev–Trinajstić information content (AvgIpc) is 3.41. The number of para-hydroxylation sites is 1. The molecule has 2 aromatic rings. The summed E-state index contributed by atoms with van der Waals surface area (Å²) >= 11 is 0. The number of carboxylic acids is 1. The molecule has 5 aliphatic heterocycles. The van der Waals surface area contributed by atoms with E-state index < -0.39 is 23.1 Å². The Balaban J connectivity index is 0.000000906. The number of amides is 3. The Morgan fingerprint density at radius 2 is 1.89 bits per heavy atom. The van der Waals surface area contributed by atoms with Crippen LogP contribution < -0.4 is 14.8 Å². The third kappa shape index (κ3) is 6.77. The maximum absolute atomic E-state index is 14.4. The SMILES string of the molecule is CC(=O)O.O=C1CN(C(=O)c2ccncc2F)CCCOc2cccc3c2OC[C@@]2(CN1)CN(C(=O)C1CCOCC1)C[C@@H]32. The van der Waals surface area contributed by atoms with Crippen molar-refractivity contribution in [1.82, 2.24) is 20.1 Å². The van der Waals surface area contributed by atoms with Crippen LogP contribution in [0.5, 0.6) is 11.5 Å². The molecule has 12 nitrogen and oxygen atoms in total. The number of nitrogens with zero attached hydrogens (tertiary/aromatic N) is 3. The number of aliphatic carboxylic acids is 1. The molecule has 236 valence electrons. The third-order valence-corrected chi connectivity index (χ3v) is 8.51. The zero-order chi connectivity index (χ0) is 31.3. The van der Waals surface area contributed by atoms with E-state index in [1.165, 1.54) is 17.2 Å². The number of hydrogen-bond acceptors (Lipinski definition) is 8. The predicted molar refractivity (Wildman–Crippen MR) is 154 cm³/mol. The van der Waals surface area contributed by atoms with Crippen LogP contribution in [0.2, 0.25) is 0 Å². The van der Waals surface area contributed by atoms with Crippen LogP contribution in [0.15, 0.2) is 36.7 Å². The molecule has 1 aromatic carbocycles. The quantitative estimate of drug-likeness (QED) is 0.520. The molecule has 7 rings (SSSR count). The number of halogens is 1. The van der Waals surface area contributed by atoms with E-state index in [2.05, 4.69) is 10.3 Å². The van der Waals surface area contributed by atoms with Crippen LogP contribution in [0, 0.1) is 17.2 Å². The van der Waals surface area contributed by atoms with Gasteiger partial charge in [-0.1, -0.05) is 12.1 Å². The van der Waals surface area contributed by atoms with E-state index in [0.29, 0.717) is 63.7 Å². The Hall–Kier alpha value is -4.26. The second kappa shape index (κ2) is 13.6. The van der Waals surface area contributed by atoms with Crippen LogP contribution in [0.25, 0.3) is 0 Å². The lowest BCUT2D eigenvalue weighted by molar-refractivity contribution is -0.138. The number of nitrogens with one attached hydrogen (secondary N) is 1. The van der Waals surface area contributed by atoms with Crippen molar-refractivity contribution in [2.24, 2.45) is 11.3 Å². The summed E-state index contributed by atoms with van der Waals surface area (Å²) in [7, 11) is 0.